The van der Waals surface area contributed by atoms with Crippen LogP contribution in [0.25, 0.3) is 0 Å². The maximum Gasteiger partial charge on any atom is 0.254 e. The van der Waals surface area contributed by atoms with E-state index in [9.17, 15) is 4.79 Å². The molecule has 1 aliphatic heterocycles. The Hall–Kier alpha value is -1.81. The van der Waals surface area contributed by atoms with Crippen LogP contribution in [0.5, 0.6) is 0 Å². The van der Waals surface area contributed by atoms with Crippen molar-refractivity contribution < 1.29 is 4.79 Å². The highest BCUT2D eigenvalue weighted by Gasteiger charge is 2.31. The van der Waals surface area contributed by atoms with Crippen molar-refractivity contribution in [3.8, 4) is 0 Å². The smallest absolute Gasteiger partial charge is 0.254 e. The van der Waals surface area contributed by atoms with Gasteiger partial charge in [-0.2, -0.15) is 0 Å². The number of likely N-dealkylation sites (N-methyl/N-ethyl adjacent to an activating group) is 1. The number of hydrogen-bond donors (Lipinski definition) is 1. The van der Waals surface area contributed by atoms with Crippen LogP contribution in [-0.2, 0) is 4.79 Å². The maximum atomic E-state index is 12.3. The molecule has 0 aliphatic carbocycles. The van der Waals surface area contributed by atoms with Crippen molar-refractivity contribution in [3.05, 3.63) is 46.7 Å². The van der Waals surface area contributed by atoms with Gasteiger partial charge < -0.3 is 10.2 Å². The minimum atomic E-state index is -0.255. The molecule has 0 spiro atoms. The number of thiophene rings is 1. The number of amides is 1. The number of carbonyl (C=O) groups excluding carboxylic acids is 1. The van der Waals surface area contributed by atoms with Crippen molar-refractivity contribution in [2.75, 3.05) is 17.3 Å². The van der Waals surface area contributed by atoms with Crippen LogP contribution < -0.4 is 10.2 Å². The van der Waals surface area contributed by atoms with Crippen molar-refractivity contribution in [2.45, 2.75) is 6.04 Å². The molecule has 0 bridgehead atoms. The SMILES string of the molecule is CN1C(=O)C(c2cccs2)Nc2ccccc21. The summed E-state index contributed by atoms with van der Waals surface area (Å²) in [6, 6.07) is 11.6. The molecule has 1 amide bonds. The van der Waals surface area contributed by atoms with Gasteiger partial charge in [-0.05, 0) is 23.6 Å². The summed E-state index contributed by atoms with van der Waals surface area (Å²) in [5, 5.41) is 5.29. The van der Waals surface area contributed by atoms with E-state index in [1.54, 1.807) is 16.2 Å². The van der Waals surface area contributed by atoms with Crippen molar-refractivity contribution in [3.63, 3.8) is 0 Å². The number of carbonyl (C=O) groups is 1. The third-order valence-corrected chi connectivity index (χ3v) is 3.91. The van der Waals surface area contributed by atoms with Crippen LogP contribution in [0.2, 0.25) is 0 Å². The van der Waals surface area contributed by atoms with Crippen LogP contribution in [0.3, 0.4) is 0 Å². The second-order valence-electron chi connectivity index (χ2n) is 4.01. The first kappa shape index (κ1) is 10.4. The van der Waals surface area contributed by atoms with Gasteiger partial charge in [-0.15, -0.1) is 11.3 Å². The molecule has 0 radical (unpaired) electrons. The van der Waals surface area contributed by atoms with Gasteiger partial charge >= 0.3 is 0 Å². The first-order valence-corrected chi connectivity index (χ1v) is 6.32. The quantitative estimate of drug-likeness (QED) is 0.836. The predicted octanol–water partition coefficient (Wildman–Crippen LogP) is 2.88. The van der Waals surface area contributed by atoms with Gasteiger partial charge in [0.15, 0.2) is 0 Å². The molecule has 1 aliphatic rings. The largest absolute Gasteiger partial charge is 0.368 e. The molecule has 3 nitrogen and oxygen atoms in total. The van der Waals surface area contributed by atoms with Crippen molar-refractivity contribution >= 4 is 28.6 Å². The molecular formula is C13H12N2OS. The zero-order valence-corrected chi connectivity index (χ0v) is 10.2. The molecule has 3 rings (SSSR count). The maximum absolute atomic E-state index is 12.3. The molecule has 2 aromatic rings. The summed E-state index contributed by atoms with van der Waals surface area (Å²) in [5.74, 6) is 0.0890. The zero-order valence-electron chi connectivity index (χ0n) is 9.38. The highest BCUT2D eigenvalue weighted by Crippen LogP contribution is 2.36. The fourth-order valence-electron chi connectivity index (χ4n) is 2.07. The minimum absolute atomic E-state index is 0.0890. The fraction of sp³-hybridized carbons (Fsp3) is 0.154. The van der Waals surface area contributed by atoms with E-state index in [0.29, 0.717) is 0 Å². The van der Waals surface area contributed by atoms with Crippen molar-refractivity contribution in [1.82, 2.24) is 0 Å². The number of nitrogens with one attached hydrogen (secondary N) is 1. The standard InChI is InChI=1S/C13H12N2OS/c1-15-10-6-3-2-5-9(10)14-12(13(15)16)11-7-4-8-17-11/h2-8,12,14H,1H3. The van der Waals surface area contributed by atoms with Crippen LogP contribution in [0.4, 0.5) is 11.4 Å². The van der Waals surface area contributed by atoms with E-state index >= 15 is 0 Å². The summed E-state index contributed by atoms with van der Waals surface area (Å²) in [6.45, 7) is 0. The summed E-state index contributed by atoms with van der Waals surface area (Å²) in [6.07, 6.45) is 0. The highest BCUT2D eigenvalue weighted by atomic mass is 32.1. The van der Waals surface area contributed by atoms with Crippen molar-refractivity contribution in [1.29, 1.82) is 0 Å². The Labute approximate surface area is 104 Å². The first-order valence-electron chi connectivity index (χ1n) is 5.44. The van der Waals surface area contributed by atoms with Crippen LogP contribution in [0.15, 0.2) is 41.8 Å². The lowest BCUT2D eigenvalue weighted by Crippen LogP contribution is -2.39. The van der Waals surface area contributed by atoms with Gasteiger partial charge in [-0.25, -0.2) is 0 Å². The summed E-state index contributed by atoms with van der Waals surface area (Å²) < 4.78 is 0. The summed E-state index contributed by atoms with van der Waals surface area (Å²) >= 11 is 1.60. The number of anilines is 2. The predicted molar refractivity (Wildman–Crippen MR) is 70.5 cm³/mol. The first-order chi connectivity index (χ1) is 8.27. The van der Waals surface area contributed by atoms with E-state index in [1.165, 1.54) is 0 Å². The molecule has 86 valence electrons. The molecule has 0 saturated heterocycles. The van der Waals surface area contributed by atoms with E-state index in [2.05, 4.69) is 5.32 Å². The molecule has 1 atom stereocenters. The molecule has 1 N–H and O–H groups in total. The van der Waals surface area contributed by atoms with Crippen LogP contribution in [-0.4, -0.2) is 13.0 Å². The Morgan fingerprint density at radius 2 is 2.06 bits per heavy atom. The Kier molecular flexibility index (Phi) is 2.37. The van der Waals surface area contributed by atoms with Gasteiger partial charge in [0.05, 0.1) is 11.4 Å². The highest BCUT2D eigenvalue weighted by molar-refractivity contribution is 7.10. The van der Waals surface area contributed by atoms with Gasteiger partial charge in [-0.1, -0.05) is 18.2 Å². The fourth-order valence-corrected chi connectivity index (χ4v) is 2.83. The second-order valence-corrected chi connectivity index (χ2v) is 4.99. The third-order valence-electron chi connectivity index (χ3n) is 2.97. The summed E-state index contributed by atoms with van der Waals surface area (Å²) in [4.78, 5) is 15.0. The molecule has 4 heteroatoms. The molecule has 17 heavy (non-hydrogen) atoms. The van der Waals surface area contributed by atoms with E-state index in [4.69, 9.17) is 0 Å². The van der Waals surface area contributed by atoms with Gasteiger partial charge in [0.1, 0.15) is 6.04 Å². The number of benzene rings is 1. The zero-order chi connectivity index (χ0) is 11.8. The summed E-state index contributed by atoms with van der Waals surface area (Å²) in [7, 11) is 1.82. The Morgan fingerprint density at radius 3 is 2.82 bits per heavy atom. The van der Waals surface area contributed by atoms with Crippen LogP contribution in [0, 0.1) is 0 Å². The number of fused-ring (bicyclic) bond motifs is 1. The number of para-hydroxylation sites is 2. The van der Waals surface area contributed by atoms with Crippen LogP contribution in [0.1, 0.15) is 10.9 Å². The molecule has 2 heterocycles. The normalized spacial score (nSPS) is 18.8. The van der Waals surface area contributed by atoms with Crippen molar-refractivity contribution in [2.24, 2.45) is 0 Å². The Morgan fingerprint density at radius 1 is 1.24 bits per heavy atom. The van der Waals surface area contributed by atoms with E-state index in [1.807, 2.05) is 48.8 Å². The van der Waals surface area contributed by atoms with E-state index in [0.717, 1.165) is 16.3 Å². The average Bonchev–Trinajstić information content (AvgIpc) is 2.87. The molecule has 1 aromatic heterocycles. The molecule has 0 fully saturated rings. The number of rotatable bonds is 1. The monoisotopic (exact) mass is 244 g/mol. The molecule has 1 unspecified atom stereocenters. The summed E-state index contributed by atoms with van der Waals surface area (Å²) in [5.41, 5.74) is 1.94. The molecule has 1 aromatic carbocycles. The van der Waals surface area contributed by atoms with E-state index in [-0.39, 0.29) is 11.9 Å². The van der Waals surface area contributed by atoms with Gasteiger partial charge in [-0.3, -0.25) is 4.79 Å². The van der Waals surface area contributed by atoms with Crippen LogP contribution >= 0.6 is 11.3 Å². The second kappa shape index (κ2) is 3.89. The van der Waals surface area contributed by atoms with E-state index < -0.39 is 0 Å². The molecule has 0 saturated carbocycles. The number of nitrogens with zero attached hydrogens (tertiary/aromatic N) is 1. The number of hydrogen-bond acceptors (Lipinski definition) is 3. The van der Waals surface area contributed by atoms with Gasteiger partial charge in [0.2, 0.25) is 0 Å². The topological polar surface area (TPSA) is 32.3 Å². The lowest BCUT2D eigenvalue weighted by molar-refractivity contribution is -0.119. The Bertz CT molecular complexity index is 550. The molecular weight excluding hydrogens is 232 g/mol. The lowest BCUT2D eigenvalue weighted by Gasteiger charge is -2.32. The average molecular weight is 244 g/mol. The van der Waals surface area contributed by atoms with Gasteiger partial charge in [0, 0.05) is 11.9 Å². The Balaban J connectivity index is 2.05. The minimum Gasteiger partial charge on any atom is -0.368 e. The lowest BCUT2D eigenvalue weighted by atomic mass is 10.1. The van der Waals surface area contributed by atoms with Gasteiger partial charge in [0.25, 0.3) is 5.91 Å². The third kappa shape index (κ3) is 1.61.